The van der Waals surface area contributed by atoms with Gasteiger partial charge in [0.1, 0.15) is 19.3 Å². The lowest BCUT2D eigenvalue weighted by molar-refractivity contribution is -0.161. The van der Waals surface area contributed by atoms with Crippen LogP contribution in [0.5, 0.6) is 0 Å². The van der Waals surface area contributed by atoms with Crippen LogP contribution in [0.15, 0.2) is 0 Å². The second-order valence-corrected chi connectivity index (χ2v) is 30.4. The number of ether oxygens (including phenoxy) is 4. The first kappa shape index (κ1) is 92.1. The summed E-state index contributed by atoms with van der Waals surface area (Å²) < 4.78 is 68.5. The second kappa shape index (κ2) is 68.2. The molecule has 0 bridgehead atoms. The summed E-state index contributed by atoms with van der Waals surface area (Å²) in [6, 6.07) is 0. The third-order valence-electron chi connectivity index (χ3n) is 17.5. The van der Waals surface area contributed by atoms with Gasteiger partial charge in [0.25, 0.3) is 0 Å². The van der Waals surface area contributed by atoms with Crippen LogP contribution in [-0.4, -0.2) is 96.7 Å². The summed E-state index contributed by atoms with van der Waals surface area (Å²) in [5.74, 6) is -1.33. The zero-order valence-corrected chi connectivity index (χ0v) is 62.9. The summed E-state index contributed by atoms with van der Waals surface area (Å²) in [6.07, 6.45) is 56.6. The number of carbonyl (C=O) groups excluding carboxylic acids is 4. The zero-order valence-electron chi connectivity index (χ0n) is 61.1. The molecule has 0 aliphatic carbocycles. The van der Waals surface area contributed by atoms with Gasteiger partial charge < -0.3 is 33.8 Å². The highest BCUT2D eigenvalue weighted by Crippen LogP contribution is 2.45. The maximum atomic E-state index is 13.1. The number of phosphoric acid groups is 2. The second-order valence-electron chi connectivity index (χ2n) is 27.5. The molecule has 0 radical (unpaired) electrons. The monoisotopic (exact) mass is 1380 g/mol. The Kier molecular flexibility index (Phi) is 66.8. The summed E-state index contributed by atoms with van der Waals surface area (Å²) in [5, 5.41) is 10.6. The maximum absolute atomic E-state index is 13.1. The molecule has 17 nitrogen and oxygen atoms in total. The number of hydrogen-bond donors (Lipinski definition) is 3. The van der Waals surface area contributed by atoms with E-state index in [1.165, 1.54) is 218 Å². The molecule has 0 fully saturated rings. The van der Waals surface area contributed by atoms with Gasteiger partial charge in [-0.15, -0.1) is 0 Å². The summed E-state index contributed by atoms with van der Waals surface area (Å²) in [5.41, 5.74) is 0. The highest BCUT2D eigenvalue weighted by Gasteiger charge is 2.30. The first-order chi connectivity index (χ1) is 45.5. The molecule has 0 aliphatic rings. The highest BCUT2D eigenvalue weighted by molar-refractivity contribution is 7.47. The normalized spacial score (nSPS) is 14.0. The number of phosphoric ester groups is 2. The van der Waals surface area contributed by atoms with Crippen LogP contribution in [0, 0.1) is 5.92 Å². The molecular formula is C75H146O17P2. The molecule has 0 rings (SSSR count). The van der Waals surface area contributed by atoms with E-state index in [-0.39, 0.29) is 25.7 Å². The van der Waals surface area contributed by atoms with Gasteiger partial charge in [0.2, 0.25) is 0 Å². The van der Waals surface area contributed by atoms with E-state index in [0.717, 1.165) is 95.8 Å². The number of aliphatic hydroxyl groups is 1. The molecule has 0 spiro atoms. The quantitative estimate of drug-likeness (QED) is 0.0222. The fraction of sp³-hybridized carbons (Fsp3) is 0.947. The Labute approximate surface area is 575 Å². The lowest BCUT2D eigenvalue weighted by atomic mass is 10.0. The molecule has 0 aromatic carbocycles. The zero-order chi connectivity index (χ0) is 69.1. The third kappa shape index (κ3) is 68.6. The Morgan fingerprint density at radius 3 is 0.723 bits per heavy atom. The Balaban J connectivity index is 5.25. The lowest BCUT2D eigenvalue weighted by Crippen LogP contribution is -2.30. The number of hydrogen-bond acceptors (Lipinski definition) is 15. The number of unbranched alkanes of at least 4 members (excludes halogenated alkanes) is 47. The van der Waals surface area contributed by atoms with Crippen LogP contribution in [0.3, 0.4) is 0 Å². The Morgan fingerprint density at radius 1 is 0.287 bits per heavy atom. The van der Waals surface area contributed by atoms with E-state index in [4.69, 9.17) is 37.0 Å². The standard InChI is InChI=1S/C75H146O17P2/c1-6-9-12-15-18-21-24-27-28-29-35-39-44-49-54-59-73(78)86-65-71(92-75(80)61-56-51-46-41-36-31-30-32-37-42-47-52-57-68(4)5)67-90-94(83,84)88-63-69(76)62-87-93(81,82)89-66-70(91-74(79)60-55-50-45-40-34-26-23-20-17-14-11-8-3)64-85-72(77)58-53-48-43-38-33-25-22-19-16-13-10-7-2/h68-71,76H,6-67H2,1-5H3,(H,81,82)(H,83,84)/t69-,70+,71+/m0/s1. The van der Waals surface area contributed by atoms with E-state index < -0.39 is 97.5 Å². The number of rotatable bonds is 75. The minimum Gasteiger partial charge on any atom is -0.462 e. The van der Waals surface area contributed by atoms with Gasteiger partial charge in [-0.3, -0.25) is 37.3 Å². The molecule has 0 saturated carbocycles. The third-order valence-corrected chi connectivity index (χ3v) is 19.4. The fourth-order valence-electron chi connectivity index (χ4n) is 11.5. The SMILES string of the molecule is CCCCCCCCCCCCCCCCCC(=O)OC[C@H](COP(=O)(O)OC[C@@H](O)COP(=O)(O)OC[C@@H](COC(=O)CCCCCCCCCCCCCC)OC(=O)CCCCCCCCCCCCCC)OC(=O)CCCCCCCCCCCCCCC(C)C. The van der Waals surface area contributed by atoms with Crippen molar-refractivity contribution < 1.29 is 80.2 Å². The minimum atomic E-state index is -4.96. The van der Waals surface area contributed by atoms with E-state index in [2.05, 4.69) is 34.6 Å². The van der Waals surface area contributed by atoms with Crippen molar-refractivity contribution in [2.75, 3.05) is 39.6 Å². The fourth-order valence-corrected chi connectivity index (χ4v) is 13.1. The topological polar surface area (TPSA) is 237 Å². The lowest BCUT2D eigenvalue weighted by Gasteiger charge is -2.21. The van der Waals surface area contributed by atoms with Gasteiger partial charge in [-0.1, -0.05) is 343 Å². The van der Waals surface area contributed by atoms with Crippen molar-refractivity contribution in [2.24, 2.45) is 5.92 Å². The first-order valence-electron chi connectivity index (χ1n) is 39.1. The van der Waals surface area contributed by atoms with Crippen LogP contribution in [0.4, 0.5) is 0 Å². The molecule has 0 saturated heterocycles. The van der Waals surface area contributed by atoms with Crippen LogP contribution in [0.25, 0.3) is 0 Å². The van der Waals surface area contributed by atoms with Gasteiger partial charge >= 0.3 is 39.5 Å². The van der Waals surface area contributed by atoms with Crippen LogP contribution in [0.1, 0.15) is 394 Å². The van der Waals surface area contributed by atoms with Crippen molar-refractivity contribution in [2.45, 2.75) is 412 Å². The molecule has 558 valence electrons. The summed E-state index contributed by atoms with van der Waals surface area (Å²) in [7, 11) is -9.91. The molecule has 2 unspecified atom stereocenters. The molecule has 19 heteroatoms. The van der Waals surface area contributed by atoms with E-state index in [1.54, 1.807) is 0 Å². The number of esters is 4. The van der Waals surface area contributed by atoms with Gasteiger partial charge in [0.15, 0.2) is 12.2 Å². The van der Waals surface area contributed by atoms with E-state index >= 15 is 0 Å². The Hall–Kier alpha value is -1.94. The van der Waals surface area contributed by atoms with Gasteiger partial charge in [-0.05, 0) is 31.6 Å². The summed E-state index contributed by atoms with van der Waals surface area (Å²) in [6.45, 7) is 7.30. The summed E-state index contributed by atoms with van der Waals surface area (Å²) in [4.78, 5) is 72.8. The predicted molar refractivity (Wildman–Crippen MR) is 382 cm³/mol. The number of carbonyl (C=O) groups is 4. The van der Waals surface area contributed by atoms with Crippen molar-refractivity contribution >= 4 is 39.5 Å². The van der Waals surface area contributed by atoms with Crippen LogP contribution in [-0.2, 0) is 65.4 Å². The Bertz CT molecular complexity index is 1810. The van der Waals surface area contributed by atoms with Crippen molar-refractivity contribution in [3.63, 3.8) is 0 Å². The van der Waals surface area contributed by atoms with Gasteiger partial charge in [-0.2, -0.15) is 0 Å². The molecule has 0 aromatic heterocycles. The predicted octanol–water partition coefficient (Wildman–Crippen LogP) is 22.1. The van der Waals surface area contributed by atoms with Crippen molar-refractivity contribution in [1.82, 2.24) is 0 Å². The van der Waals surface area contributed by atoms with Crippen molar-refractivity contribution in [3.8, 4) is 0 Å². The first-order valence-corrected chi connectivity index (χ1v) is 42.1. The smallest absolute Gasteiger partial charge is 0.462 e. The molecule has 0 aromatic rings. The van der Waals surface area contributed by atoms with E-state index in [9.17, 15) is 43.2 Å². The minimum absolute atomic E-state index is 0.108. The van der Waals surface area contributed by atoms with E-state index in [1.807, 2.05) is 0 Å². The molecule has 0 heterocycles. The molecular weight excluding hydrogens is 1230 g/mol. The van der Waals surface area contributed by atoms with Gasteiger partial charge in [0, 0.05) is 25.7 Å². The van der Waals surface area contributed by atoms with Gasteiger partial charge in [0.05, 0.1) is 26.4 Å². The Morgan fingerprint density at radius 2 is 0.489 bits per heavy atom. The average molecular weight is 1380 g/mol. The highest BCUT2D eigenvalue weighted by atomic mass is 31.2. The molecule has 94 heavy (non-hydrogen) atoms. The molecule has 0 aliphatic heterocycles. The molecule has 0 amide bonds. The van der Waals surface area contributed by atoms with Gasteiger partial charge in [-0.25, -0.2) is 9.13 Å². The van der Waals surface area contributed by atoms with E-state index in [0.29, 0.717) is 25.7 Å². The van der Waals surface area contributed by atoms with Crippen molar-refractivity contribution in [3.05, 3.63) is 0 Å². The largest absolute Gasteiger partial charge is 0.472 e. The van der Waals surface area contributed by atoms with Crippen LogP contribution < -0.4 is 0 Å². The molecule has 5 atom stereocenters. The summed E-state index contributed by atoms with van der Waals surface area (Å²) >= 11 is 0. The molecule has 3 N–H and O–H groups in total. The maximum Gasteiger partial charge on any atom is 0.472 e. The average Bonchev–Trinajstić information content (AvgIpc) is 2.26. The van der Waals surface area contributed by atoms with Crippen LogP contribution >= 0.6 is 15.6 Å². The van der Waals surface area contributed by atoms with Crippen LogP contribution in [0.2, 0.25) is 0 Å². The number of aliphatic hydroxyl groups excluding tert-OH is 1. The van der Waals surface area contributed by atoms with Crippen molar-refractivity contribution in [1.29, 1.82) is 0 Å².